The monoisotopic (exact) mass is 202 g/mol. The number of rotatable bonds is 3. The molecule has 0 spiro atoms. The van der Waals surface area contributed by atoms with Crippen LogP contribution in [0.5, 0.6) is 0 Å². The van der Waals surface area contributed by atoms with Crippen LogP contribution in [0.2, 0.25) is 0 Å². The first kappa shape index (κ1) is 12.0. The third-order valence-electron chi connectivity index (χ3n) is 3.10. The first-order chi connectivity index (χ1) is 6.33. The molecular formula is C11H22O3. The van der Waals surface area contributed by atoms with Gasteiger partial charge in [-0.25, -0.2) is 0 Å². The Morgan fingerprint density at radius 1 is 1.14 bits per heavy atom. The first-order valence-electron chi connectivity index (χ1n) is 5.31. The van der Waals surface area contributed by atoms with E-state index in [1.54, 1.807) is 13.8 Å². The minimum absolute atomic E-state index is 0.227. The number of aliphatic hydroxyl groups is 1. The summed E-state index contributed by atoms with van der Waals surface area (Å²) in [6.07, 6.45) is 2.09. The van der Waals surface area contributed by atoms with Crippen LogP contribution in [0.4, 0.5) is 0 Å². The van der Waals surface area contributed by atoms with E-state index in [1.807, 2.05) is 13.8 Å². The Morgan fingerprint density at radius 3 is 2.07 bits per heavy atom. The average molecular weight is 202 g/mol. The smallest absolute Gasteiger partial charge is 0.0910 e. The van der Waals surface area contributed by atoms with E-state index in [0.29, 0.717) is 0 Å². The molecule has 0 aromatic carbocycles. The van der Waals surface area contributed by atoms with Gasteiger partial charge in [0.25, 0.3) is 0 Å². The molecule has 1 aliphatic rings. The SMILES string of the molecule is CC(C)(O)C(C)(C)OC1CCOCC1. The van der Waals surface area contributed by atoms with Crippen LogP contribution < -0.4 is 0 Å². The highest BCUT2D eigenvalue weighted by Crippen LogP contribution is 2.28. The van der Waals surface area contributed by atoms with Gasteiger partial charge in [0.05, 0.1) is 17.3 Å². The van der Waals surface area contributed by atoms with E-state index in [-0.39, 0.29) is 6.10 Å². The molecule has 0 aromatic heterocycles. The van der Waals surface area contributed by atoms with E-state index < -0.39 is 11.2 Å². The van der Waals surface area contributed by atoms with Crippen molar-refractivity contribution in [3.63, 3.8) is 0 Å². The molecule has 1 rings (SSSR count). The fraction of sp³-hybridized carbons (Fsp3) is 1.00. The summed E-state index contributed by atoms with van der Waals surface area (Å²) in [5.74, 6) is 0. The lowest BCUT2D eigenvalue weighted by Gasteiger charge is -2.40. The molecule has 1 heterocycles. The van der Waals surface area contributed by atoms with E-state index in [1.165, 1.54) is 0 Å². The second kappa shape index (κ2) is 4.17. The standard InChI is InChI=1S/C11H22O3/c1-10(2,12)11(3,4)14-9-5-7-13-8-6-9/h9,12H,5-8H2,1-4H3. The Hall–Kier alpha value is -0.120. The van der Waals surface area contributed by atoms with Crippen molar-refractivity contribution >= 4 is 0 Å². The van der Waals surface area contributed by atoms with Gasteiger partial charge in [0.15, 0.2) is 0 Å². The molecule has 1 saturated heterocycles. The molecule has 0 aliphatic carbocycles. The Bertz CT molecular complexity index is 175. The Morgan fingerprint density at radius 2 is 1.64 bits per heavy atom. The summed E-state index contributed by atoms with van der Waals surface area (Å²) in [6, 6.07) is 0. The highest BCUT2D eigenvalue weighted by molar-refractivity contribution is 4.88. The molecule has 14 heavy (non-hydrogen) atoms. The summed E-state index contributed by atoms with van der Waals surface area (Å²) in [5.41, 5.74) is -1.32. The van der Waals surface area contributed by atoms with Crippen molar-refractivity contribution in [3.05, 3.63) is 0 Å². The Labute approximate surface area is 86.4 Å². The van der Waals surface area contributed by atoms with Gasteiger partial charge >= 0.3 is 0 Å². The van der Waals surface area contributed by atoms with Crippen LogP contribution in [0.1, 0.15) is 40.5 Å². The van der Waals surface area contributed by atoms with Crippen LogP contribution in [-0.4, -0.2) is 35.6 Å². The topological polar surface area (TPSA) is 38.7 Å². The molecule has 0 aromatic rings. The number of ether oxygens (including phenoxy) is 2. The molecule has 1 aliphatic heterocycles. The Balaban J connectivity index is 2.49. The zero-order valence-corrected chi connectivity index (χ0v) is 9.67. The fourth-order valence-electron chi connectivity index (χ4n) is 1.35. The van der Waals surface area contributed by atoms with E-state index in [2.05, 4.69) is 0 Å². The summed E-state index contributed by atoms with van der Waals surface area (Å²) < 4.78 is 11.2. The molecule has 0 saturated carbocycles. The fourth-order valence-corrected chi connectivity index (χ4v) is 1.35. The zero-order valence-electron chi connectivity index (χ0n) is 9.67. The lowest BCUT2D eigenvalue weighted by atomic mass is 9.89. The van der Waals surface area contributed by atoms with Crippen LogP contribution >= 0.6 is 0 Å². The van der Waals surface area contributed by atoms with Gasteiger partial charge in [-0.15, -0.1) is 0 Å². The third-order valence-corrected chi connectivity index (χ3v) is 3.10. The van der Waals surface area contributed by atoms with Crippen molar-refractivity contribution in [2.24, 2.45) is 0 Å². The minimum Gasteiger partial charge on any atom is -0.387 e. The second-order valence-electron chi connectivity index (χ2n) is 5.00. The highest BCUT2D eigenvalue weighted by Gasteiger charge is 2.38. The molecule has 0 bridgehead atoms. The molecule has 84 valence electrons. The van der Waals surface area contributed by atoms with Gasteiger partial charge in [-0.1, -0.05) is 0 Å². The number of hydrogen-bond acceptors (Lipinski definition) is 3. The summed E-state index contributed by atoms with van der Waals surface area (Å²) in [6.45, 7) is 8.97. The van der Waals surface area contributed by atoms with E-state index in [0.717, 1.165) is 26.1 Å². The van der Waals surface area contributed by atoms with E-state index >= 15 is 0 Å². The summed E-state index contributed by atoms with van der Waals surface area (Å²) in [7, 11) is 0. The van der Waals surface area contributed by atoms with Crippen LogP contribution in [0.15, 0.2) is 0 Å². The molecule has 1 fully saturated rings. The van der Waals surface area contributed by atoms with Gasteiger partial charge in [-0.2, -0.15) is 0 Å². The minimum atomic E-state index is -0.814. The second-order valence-corrected chi connectivity index (χ2v) is 5.00. The van der Waals surface area contributed by atoms with E-state index in [9.17, 15) is 5.11 Å². The van der Waals surface area contributed by atoms with Gasteiger partial charge in [-0.05, 0) is 40.5 Å². The molecule has 0 amide bonds. The quantitative estimate of drug-likeness (QED) is 0.757. The Kier molecular flexibility index (Phi) is 3.56. The zero-order chi connectivity index (χ0) is 10.8. The highest BCUT2D eigenvalue weighted by atomic mass is 16.5. The van der Waals surface area contributed by atoms with E-state index in [4.69, 9.17) is 9.47 Å². The average Bonchev–Trinajstić information content (AvgIpc) is 2.03. The van der Waals surface area contributed by atoms with Crippen molar-refractivity contribution in [2.75, 3.05) is 13.2 Å². The summed E-state index contributed by atoms with van der Waals surface area (Å²) in [4.78, 5) is 0. The van der Waals surface area contributed by atoms with Crippen LogP contribution in [0.25, 0.3) is 0 Å². The summed E-state index contributed by atoms with van der Waals surface area (Å²) in [5, 5.41) is 9.92. The van der Waals surface area contributed by atoms with Gasteiger partial charge in [0.1, 0.15) is 0 Å². The third kappa shape index (κ3) is 2.94. The normalized spacial score (nSPS) is 21.2. The predicted molar refractivity (Wildman–Crippen MR) is 55.3 cm³/mol. The molecule has 0 unspecified atom stereocenters. The number of hydrogen-bond donors (Lipinski definition) is 1. The van der Waals surface area contributed by atoms with Gasteiger partial charge in [0.2, 0.25) is 0 Å². The predicted octanol–water partition coefficient (Wildman–Crippen LogP) is 1.73. The maximum absolute atomic E-state index is 9.92. The molecule has 1 N–H and O–H groups in total. The van der Waals surface area contributed by atoms with Crippen molar-refractivity contribution < 1.29 is 14.6 Å². The van der Waals surface area contributed by atoms with Gasteiger partial charge < -0.3 is 14.6 Å². The summed E-state index contributed by atoms with van der Waals surface area (Å²) >= 11 is 0. The van der Waals surface area contributed by atoms with Crippen molar-refractivity contribution in [3.8, 4) is 0 Å². The molecule has 0 atom stereocenters. The maximum Gasteiger partial charge on any atom is 0.0910 e. The van der Waals surface area contributed by atoms with Gasteiger partial charge in [0, 0.05) is 13.2 Å². The van der Waals surface area contributed by atoms with Crippen molar-refractivity contribution in [1.29, 1.82) is 0 Å². The van der Waals surface area contributed by atoms with Crippen LogP contribution in [-0.2, 0) is 9.47 Å². The molecule has 3 heteroatoms. The lowest BCUT2D eigenvalue weighted by Crippen LogP contribution is -2.50. The largest absolute Gasteiger partial charge is 0.387 e. The van der Waals surface area contributed by atoms with Gasteiger partial charge in [-0.3, -0.25) is 0 Å². The first-order valence-corrected chi connectivity index (χ1v) is 5.31. The molecular weight excluding hydrogens is 180 g/mol. The molecule has 3 nitrogen and oxygen atoms in total. The molecule has 0 radical (unpaired) electrons. The van der Waals surface area contributed by atoms with Crippen molar-refractivity contribution in [2.45, 2.75) is 57.8 Å². The van der Waals surface area contributed by atoms with Crippen LogP contribution in [0, 0.1) is 0 Å². The van der Waals surface area contributed by atoms with Crippen molar-refractivity contribution in [1.82, 2.24) is 0 Å². The van der Waals surface area contributed by atoms with Crippen LogP contribution in [0.3, 0.4) is 0 Å². The lowest BCUT2D eigenvalue weighted by molar-refractivity contribution is -0.188. The maximum atomic E-state index is 9.92.